The Bertz CT molecular complexity index is 207. The minimum atomic E-state index is -0.104. The van der Waals surface area contributed by atoms with Crippen LogP contribution in [-0.2, 0) is 7.05 Å². The molecule has 0 aliphatic rings. The predicted molar refractivity (Wildman–Crippen MR) is 33.2 cm³/mol. The van der Waals surface area contributed by atoms with Gasteiger partial charge in [-0.25, -0.2) is 0 Å². The number of aromatic nitrogens is 1. The fourth-order valence-corrected chi connectivity index (χ4v) is 0.603. The molecule has 0 aromatic carbocycles. The van der Waals surface area contributed by atoms with Gasteiger partial charge in [0.15, 0.2) is 5.88 Å². The molecule has 0 radical (unpaired) electrons. The molecule has 4 N–H and O–H groups in total. The number of hydrogen-bond donors (Lipinski definition) is 3. The highest BCUT2D eigenvalue weighted by Gasteiger charge is 2.05. The first-order valence-electron chi connectivity index (χ1n) is 2.46. The van der Waals surface area contributed by atoms with E-state index in [4.69, 9.17) is 15.9 Å². The number of anilines is 1. The maximum atomic E-state index is 8.91. The average Bonchev–Trinajstić information content (AvgIpc) is 1.98. The summed E-state index contributed by atoms with van der Waals surface area (Å²) >= 11 is 0. The Hall–Kier alpha value is -1.32. The van der Waals surface area contributed by atoms with E-state index < -0.39 is 0 Å². The molecule has 0 fully saturated rings. The highest BCUT2D eigenvalue weighted by Crippen LogP contribution is 2.27. The average molecular weight is 128 g/mol. The molecule has 0 unspecified atom stereocenters. The van der Waals surface area contributed by atoms with Crippen molar-refractivity contribution in [3.8, 4) is 11.8 Å². The number of aromatic hydroxyl groups is 2. The molecule has 0 amide bonds. The summed E-state index contributed by atoms with van der Waals surface area (Å²) in [6.07, 6.45) is 0. The summed E-state index contributed by atoms with van der Waals surface area (Å²) in [6, 6.07) is 1.29. The van der Waals surface area contributed by atoms with Gasteiger partial charge in [0.05, 0.1) is 5.69 Å². The Kier molecular flexibility index (Phi) is 1.02. The number of nitrogens with two attached hydrogens (primary N) is 1. The van der Waals surface area contributed by atoms with Gasteiger partial charge in [0.2, 0.25) is 5.88 Å². The highest BCUT2D eigenvalue weighted by atomic mass is 16.3. The van der Waals surface area contributed by atoms with E-state index in [9.17, 15) is 0 Å². The van der Waals surface area contributed by atoms with Crippen LogP contribution in [0.1, 0.15) is 0 Å². The number of nitrogens with zero attached hydrogens (tertiary/aromatic N) is 1. The van der Waals surface area contributed by atoms with Crippen LogP contribution in [-0.4, -0.2) is 14.8 Å². The summed E-state index contributed by atoms with van der Waals surface area (Å²) in [7, 11) is 1.51. The fraction of sp³-hybridized carbons (Fsp3) is 0.200. The monoisotopic (exact) mass is 128 g/mol. The van der Waals surface area contributed by atoms with Gasteiger partial charge < -0.3 is 15.9 Å². The predicted octanol–water partition coefficient (Wildman–Crippen LogP) is 0.0185. The zero-order valence-electron chi connectivity index (χ0n) is 5.00. The minimum Gasteiger partial charge on any atom is -0.494 e. The van der Waals surface area contributed by atoms with Crippen LogP contribution in [0.4, 0.5) is 5.69 Å². The van der Waals surface area contributed by atoms with E-state index in [-0.39, 0.29) is 17.4 Å². The highest BCUT2D eigenvalue weighted by molar-refractivity contribution is 5.52. The SMILES string of the molecule is Cn1c(O)cc(N)c1O. The summed E-state index contributed by atoms with van der Waals surface area (Å²) in [5, 5.41) is 17.7. The molecule has 9 heavy (non-hydrogen) atoms. The standard InChI is InChI=1S/C5H8N2O2/c1-7-4(8)2-3(6)5(7)9/h2,8-9H,6H2,1H3. The molecule has 1 rings (SSSR count). The summed E-state index contributed by atoms with van der Waals surface area (Å²) in [5.74, 6) is -0.141. The van der Waals surface area contributed by atoms with Gasteiger partial charge in [-0.2, -0.15) is 0 Å². The first kappa shape index (κ1) is 5.81. The third-order valence-electron chi connectivity index (χ3n) is 1.20. The molecule has 1 heterocycles. The molecular formula is C5H8N2O2. The largest absolute Gasteiger partial charge is 0.494 e. The summed E-state index contributed by atoms with van der Waals surface area (Å²) in [5.41, 5.74) is 5.40. The molecular weight excluding hydrogens is 120 g/mol. The van der Waals surface area contributed by atoms with Crippen LogP contribution >= 0.6 is 0 Å². The molecule has 0 saturated heterocycles. The second-order valence-electron chi connectivity index (χ2n) is 1.84. The lowest BCUT2D eigenvalue weighted by molar-refractivity contribution is 0.388. The lowest BCUT2D eigenvalue weighted by Gasteiger charge is -1.94. The van der Waals surface area contributed by atoms with E-state index in [1.165, 1.54) is 17.7 Å². The first-order chi connectivity index (χ1) is 4.13. The van der Waals surface area contributed by atoms with Crippen molar-refractivity contribution in [1.82, 2.24) is 4.57 Å². The quantitative estimate of drug-likeness (QED) is 0.461. The summed E-state index contributed by atoms with van der Waals surface area (Å²) in [4.78, 5) is 0. The van der Waals surface area contributed by atoms with Gasteiger partial charge in [0.1, 0.15) is 0 Å². The van der Waals surface area contributed by atoms with Gasteiger partial charge in [-0.1, -0.05) is 0 Å². The van der Waals surface area contributed by atoms with Crippen molar-refractivity contribution in [2.75, 3.05) is 5.73 Å². The van der Waals surface area contributed by atoms with Gasteiger partial charge in [-0.15, -0.1) is 0 Å². The maximum absolute atomic E-state index is 8.91. The van der Waals surface area contributed by atoms with E-state index in [0.717, 1.165) is 0 Å². The Morgan fingerprint density at radius 2 is 2.11 bits per heavy atom. The Morgan fingerprint density at radius 1 is 1.56 bits per heavy atom. The number of rotatable bonds is 0. The zero-order valence-corrected chi connectivity index (χ0v) is 5.00. The van der Waals surface area contributed by atoms with E-state index in [1.54, 1.807) is 0 Å². The van der Waals surface area contributed by atoms with E-state index in [1.807, 2.05) is 0 Å². The van der Waals surface area contributed by atoms with Gasteiger partial charge in [-0.3, -0.25) is 4.57 Å². The van der Waals surface area contributed by atoms with Crippen LogP contribution in [0.3, 0.4) is 0 Å². The maximum Gasteiger partial charge on any atom is 0.217 e. The van der Waals surface area contributed by atoms with Crippen molar-refractivity contribution in [2.45, 2.75) is 0 Å². The van der Waals surface area contributed by atoms with Crippen LogP contribution in [0.15, 0.2) is 6.07 Å². The zero-order chi connectivity index (χ0) is 7.02. The molecule has 0 atom stereocenters. The lowest BCUT2D eigenvalue weighted by Crippen LogP contribution is -1.86. The van der Waals surface area contributed by atoms with Crippen molar-refractivity contribution < 1.29 is 10.2 Å². The molecule has 4 heteroatoms. The van der Waals surface area contributed by atoms with E-state index in [0.29, 0.717) is 0 Å². The Morgan fingerprint density at radius 3 is 2.22 bits per heavy atom. The molecule has 0 saturated carbocycles. The molecule has 0 aliphatic carbocycles. The fourth-order valence-electron chi connectivity index (χ4n) is 0.603. The molecule has 0 bridgehead atoms. The Balaban J connectivity index is 3.29. The minimum absolute atomic E-state index is 0.0370. The van der Waals surface area contributed by atoms with Gasteiger partial charge in [-0.05, 0) is 0 Å². The molecule has 4 nitrogen and oxygen atoms in total. The smallest absolute Gasteiger partial charge is 0.217 e. The normalized spacial score (nSPS) is 9.89. The van der Waals surface area contributed by atoms with Crippen LogP contribution in [0.25, 0.3) is 0 Å². The second kappa shape index (κ2) is 1.58. The summed E-state index contributed by atoms with van der Waals surface area (Å²) in [6.45, 7) is 0. The van der Waals surface area contributed by atoms with Crippen molar-refractivity contribution in [1.29, 1.82) is 0 Å². The molecule has 0 aliphatic heterocycles. The third-order valence-corrected chi connectivity index (χ3v) is 1.20. The first-order valence-corrected chi connectivity index (χ1v) is 2.46. The molecule has 50 valence electrons. The molecule has 0 spiro atoms. The van der Waals surface area contributed by atoms with Gasteiger partial charge in [0.25, 0.3) is 0 Å². The molecule has 1 aromatic heterocycles. The van der Waals surface area contributed by atoms with Crippen molar-refractivity contribution in [3.63, 3.8) is 0 Å². The van der Waals surface area contributed by atoms with Crippen LogP contribution in [0, 0.1) is 0 Å². The topological polar surface area (TPSA) is 71.4 Å². The lowest BCUT2D eigenvalue weighted by atomic mass is 10.5. The van der Waals surface area contributed by atoms with Crippen molar-refractivity contribution in [2.24, 2.45) is 7.05 Å². The third kappa shape index (κ3) is 0.679. The second-order valence-corrected chi connectivity index (χ2v) is 1.84. The van der Waals surface area contributed by atoms with E-state index in [2.05, 4.69) is 0 Å². The van der Waals surface area contributed by atoms with Crippen LogP contribution in [0.2, 0.25) is 0 Å². The van der Waals surface area contributed by atoms with Crippen molar-refractivity contribution >= 4 is 5.69 Å². The van der Waals surface area contributed by atoms with Gasteiger partial charge in [0, 0.05) is 13.1 Å². The number of hydrogen-bond acceptors (Lipinski definition) is 3. The summed E-state index contributed by atoms with van der Waals surface area (Å²) < 4.78 is 1.19. The number of nitrogen functional groups attached to an aromatic ring is 1. The van der Waals surface area contributed by atoms with E-state index >= 15 is 0 Å². The van der Waals surface area contributed by atoms with Crippen LogP contribution < -0.4 is 5.73 Å². The van der Waals surface area contributed by atoms with Crippen molar-refractivity contribution in [3.05, 3.63) is 6.07 Å². The van der Waals surface area contributed by atoms with Gasteiger partial charge >= 0.3 is 0 Å². The van der Waals surface area contributed by atoms with Crippen LogP contribution in [0.5, 0.6) is 11.8 Å². The molecule has 1 aromatic rings. The Labute approximate surface area is 52.1 Å².